The number of hydrogen-bond acceptors (Lipinski definition) is 3. The van der Waals surface area contributed by atoms with Gasteiger partial charge < -0.3 is 13.9 Å². The third-order valence-corrected chi connectivity index (χ3v) is 9.63. The molecule has 0 amide bonds. The van der Waals surface area contributed by atoms with Gasteiger partial charge in [-0.2, -0.15) is 0 Å². The van der Waals surface area contributed by atoms with Crippen LogP contribution in [-0.2, 0) is 4.74 Å². The lowest BCUT2D eigenvalue weighted by Crippen LogP contribution is -2.67. The third-order valence-electron chi connectivity index (χ3n) is 5.68. The average molecular weight is 313 g/mol. The van der Waals surface area contributed by atoms with Gasteiger partial charge >= 0.3 is 0 Å². The standard InChI is InChI=1S/C17H36N2OSi/c1-6-20-13-21(18-14(2)9-7-10-15(18)3)19-16(4)11-8-12-17(19)5/h14-17,21H,6-13H2,1-5H3/t14-,15+,16-,17+. The predicted octanol–water partition coefficient (Wildman–Crippen LogP) is 3.31. The van der Waals surface area contributed by atoms with Crippen LogP contribution < -0.4 is 0 Å². The Morgan fingerprint density at radius 3 is 1.52 bits per heavy atom. The Morgan fingerprint density at radius 1 is 0.810 bits per heavy atom. The first-order chi connectivity index (χ1) is 10.1. The van der Waals surface area contributed by atoms with Crippen molar-refractivity contribution in [2.45, 2.75) is 97.3 Å². The van der Waals surface area contributed by atoms with Crippen molar-refractivity contribution in [1.82, 2.24) is 9.13 Å². The van der Waals surface area contributed by atoms with Crippen molar-refractivity contribution in [3.05, 3.63) is 0 Å². The highest BCUT2D eigenvalue weighted by Crippen LogP contribution is 2.30. The lowest BCUT2D eigenvalue weighted by Gasteiger charge is -2.52. The Bertz CT molecular complexity index is 269. The van der Waals surface area contributed by atoms with Crippen molar-refractivity contribution in [1.29, 1.82) is 0 Å². The molecular formula is C17H36N2OSi. The van der Waals surface area contributed by atoms with Crippen LogP contribution in [0.25, 0.3) is 0 Å². The molecule has 0 spiro atoms. The highest BCUT2D eigenvalue weighted by Gasteiger charge is 2.40. The summed E-state index contributed by atoms with van der Waals surface area (Å²) in [6, 6.07) is 2.97. The Hall–Kier alpha value is 0.0969. The number of hydrogen-bond donors (Lipinski definition) is 0. The molecule has 0 unspecified atom stereocenters. The number of ether oxygens (including phenoxy) is 1. The molecule has 21 heavy (non-hydrogen) atoms. The Kier molecular flexibility index (Phi) is 6.72. The molecule has 0 radical (unpaired) electrons. The van der Waals surface area contributed by atoms with E-state index in [9.17, 15) is 0 Å². The van der Waals surface area contributed by atoms with Gasteiger partial charge in [0.05, 0.1) is 6.23 Å². The summed E-state index contributed by atoms with van der Waals surface area (Å²) < 4.78 is 11.8. The zero-order valence-corrected chi connectivity index (χ0v) is 16.0. The van der Waals surface area contributed by atoms with Gasteiger partial charge in [-0.3, -0.25) is 0 Å². The van der Waals surface area contributed by atoms with E-state index in [1.807, 2.05) is 0 Å². The van der Waals surface area contributed by atoms with Gasteiger partial charge in [-0.25, -0.2) is 0 Å². The zero-order valence-electron chi connectivity index (χ0n) is 14.8. The van der Waals surface area contributed by atoms with Crippen molar-refractivity contribution in [3.8, 4) is 0 Å². The molecule has 0 aliphatic carbocycles. The van der Waals surface area contributed by atoms with E-state index in [0.717, 1.165) is 37.0 Å². The minimum Gasteiger partial charge on any atom is -0.382 e. The first-order valence-electron chi connectivity index (χ1n) is 9.18. The summed E-state index contributed by atoms with van der Waals surface area (Å²) in [5.41, 5.74) is 0. The largest absolute Gasteiger partial charge is 0.382 e. The fourth-order valence-corrected chi connectivity index (χ4v) is 8.65. The molecule has 2 heterocycles. The van der Waals surface area contributed by atoms with Gasteiger partial charge in [-0.1, -0.05) is 40.5 Å². The molecule has 2 saturated heterocycles. The lowest BCUT2D eigenvalue weighted by atomic mass is 10.0. The summed E-state index contributed by atoms with van der Waals surface area (Å²) in [5.74, 6) is 0. The fraction of sp³-hybridized carbons (Fsp3) is 1.00. The molecule has 0 aromatic heterocycles. The van der Waals surface area contributed by atoms with Crippen molar-refractivity contribution in [2.24, 2.45) is 0 Å². The summed E-state index contributed by atoms with van der Waals surface area (Å²) in [4.78, 5) is 0. The van der Waals surface area contributed by atoms with Crippen LogP contribution in [0, 0.1) is 0 Å². The van der Waals surface area contributed by atoms with E-state index in [0.29, 0.717) is 0 Å². The van der Waals surface area contributed by atoms with Crippen molar-refractivity contribution >= 4 is 9.12 Å². The van der Waals surface area contributed by atoms with E-state index in [1.165, 1.54) is 38.5 Å². The maximum absolute atomic E-state index is 5.97. The Balaban J connectivity index is 2.19. The molecule has 3 nitrogen and oxygen atoms in total. The maximum Gasteiger partial charge on any atom is 0.217 e. The Labute approximate surface area is 133 Å². The van der Waals surface area contributed by atoms with E-state index in [1.54, 1.807) is 0 Å². The van der Waals surface area contributed by atoms with Crippen LogP contribution in [0.2, 0.25) is 0 Å². The van der Waals surface area contributed by atoms with E-state index in [-0.39, 0.29) is 0 Å². The molecule has 0 N–H and O–H groups in total. The molecule has 0 bridgehead atoms. The molecule has 124 valence electrons. The lowest BCUT2D eigenvalue weighted by molar-refractivity contribution is 0.106. The van der Waals surface area contributed by atoms with Gasteiger partial charge in [0.1, 0.15) is 0 Å². The van der Waals surface area contributed by atoms with Crippen molar-refractivity contribution in [2.75, 3.05) is 12.8 Å². The summed E-state index contributed by atoms with van der Waals surface area (Å²) in [7, 11) is -1.20. The maximum atomic E-state index is 5.97. The van der Waals surface area contributed by atoms with Gasteiger partial charge in [0.15, 0.2) is 0 Å². The van der Waals surface area contributed by atoms with Crippen LogP contribution in [0.1, 0.15) is 73.1 Å². The minimum absolute atomic E-state index is 0.743. The summed E-state index contributed by atoms with van der Waals surface area (Å²) >= 11 is 0. The molecule has 2 aliphatic heterocycles. The summed E-state index contributed by atoms with van der Waals surface area (Å²) in [6.07, 6.45) is 9.29. The molecule has 2 rings (SSSR count). The second-order valence-electron chi connectivity index (χ2n) is 7.29. The second kappa shape index (κ2) is 8.09. The quantitative estimate of drug-likeness (QED) is 0.724. The first kappa shape index (κ1) is 17.5. The fourth-order valence-electron chi connectivity index (χ4n) is 4.61. The van der Waals surface area contributed by atoms with Crippen LogP contribution >= 0.6 is 0 Å². The average Bonchev–Trinajstić information content (AvgIpc) is 2.43. The van der Waals surface area contributed by atoms with Gasteiger partial charge in [0.25, 0.3) is 0 Å². The molecule has 0 aromatic rings. The van der Waals surface area contributed by atoms with Crippen molar-refractivity contribution < 1.29 is 4.74 Å². The van der Waals surface area contributed by atoms with Gasteiger partial charge in [-0.05, 0) is 32.6 Å². The van der Waals surface area contributed by atoms with Crippen LogP contribution in [-0.4, -0.2) is 55.3 Å². The first-order valence-corrected chi connectivity index (χ1v) is 11.0. The molecule has 2 aliphatic rings. The van der Waals surface area contributed by atoms with Gasteiger partial charge in [0.2, 0.25) is 9.12 Å². The van der Waals surface area contributed by atoms with E-state index in [4.69, 9.17) is 4.74 Å². The minimum atomic E-state index is -1.20. The van der Waals surface area contributed by atoms with Crippen LogP contribution in [0.3, 0.4) is 0 Å². The topological polar surface area (TPSA) is 15.7 Å². The van der Waals surface area contributed by atoms with Gasteiger partial charge in [-0.15, -0.1) is 0 Å². The van der Waals surface area contributed by atoms with E-state index < -0.39 is 9.12 Å². The highest BCUT2D eigenvalue weighted by molar-refractivity contribution is 6.53. The number of rotatable bonds is 5. The molecular weight excluding hydrogens is 276 g/mol. The normalized spacial score (nSPS) is 36.3. The SMILES string of the molecule is CCOC[SiH](N1[C@H](C)CCC[C@@H]1C)N1[C@H](C)CCC[C@@H]1C. The monoisotopic (exact) mass is 312 g/mol. The van der Waals surface area contributed by atoms with E-state index in [2.05, 4.69) is 43.7 Å². The van der Waals surface area contributed by atoms with Crippen LogP contribution in [0.4, 0.5) is 0 Å². The van der Waals surface area contributed by atoms with Crippen molar-refractivity contribution in [3.63, 3.8) is 0 Å². The smallest absolute Gasteiger partial charge is 0.217 e. The molecule has 0 aromatic carbocycles. The van der Waals surface area contributed by atoms with Crippen LogP contribution in [0.15, 0.2) is 0 Å². The number of piperidine rings is 2. The molecule has 4 heteroatoms. The summed E-state index contributed by atoms with van der Waals surface area (Å²) in [5, 5.41) is 0. The van der Waals surface area contributed by atoms with Gasteiger partial charge in [0, 0.05) is 30.8 Å². The number of nitrogens with zero attached hydrogens (tertiary/aromatic N) is 2. The van der Waals surface area contributed by atoms with Crippen LogP contribution in [0.5, 0.6) is 0 Å². The second-order valence-corrected chi connectivity index (χ2v) is 9.78. The molecule has 2 fully saturated rings. The third kappa shape index (κ3) is 4.09. The Morgan fingerprint density at radius 2 is 1.19 bits per heavy atom. The summed E-state index contributed by atoms with van der Waals surface area (Å²) in [6.45, 7) is 12.8. The van der Waals surface area contributed by atoms with E-state index >= 15 is 0 Å². The molecule has 4 atom stereocenters. The zero-order chi connectivity index (χ0) is 15.4. The molecule has 0 saturated carbocycles. The highest BCUT2D eigenvalue weighted by atomic mass is 28.3. The predicted molar refractivity (Wildman–Crippen MR) is 92.9 cm³/mol.